The molecule has 2 heteroatoms. The van der Waals surface area contributed by atoms with Crippen LogP contribution in [0.25, 0.3) is 0 Å². The van der Waals surface area contributed by atoms with Gasteiger partial charge >= 0.3 is 0 Å². The molecule has 4 fully saturated rings. The Bertz CT molecular complexity index is 458. The van der Waals surface area contributed by atoms with Crippen molar-refractivity contribution in [2.45, 2.75) is 77.7 Å². The monoisotopic (exact) mass is 290 g/mol. The lowest BCUT2D eigenvalue weighted by Crippen LogP contribution is -2.54. The van der Waals surface area contributed by atoms with Crippen molar-refractivity contribution >= 4 is 5.78 Å². The number of hydrogen-bond donors (Lipinski definition) is 1. The number of fused-ring (bicyclic) bond motifs is 5. The van der Waals surface area contributed by atoms with E-state index in [0.717, 1.165) is 49.9 Å². The lowest BCUT2D eigenvalue weighted by molar-refractivity contribution is -0.142. The van der Waals surface area contributed by atoms with Crippen LogP contribution in [0.15, 0.2) is 0 Å². The summed E-state index contributed by atoms with van der Waals surface area (Å²) in [4.78, 5) is 12.4. The molecule has 0 radical (unpaired) electrons. The van der Waals surface area contributed by atoms with Crippen LogP contribution < -0.4 is 0 Å². The number of aliphatic hydroxyl groups is 1. The Balaban J connectivity index is 1.64. The summed E-state index contributed by atoms with van der Waals surface area (Å²) in [5.41, 5.74) is 0.452. The van der Waals surface area contributed by atoms with Crippen LogP contribution in [-0.4, -0.2) is 17.0 Å². The third-order valence-electron chi connectivity index (χ3n) is 8.35. The standard InChI is InChI=1S/C19H30O2/c1-18-9-7-13(20)11-12(18)3-4-14-15-5-6-17(21)19(15,2)10-8-16(14)18/h12-16,20H,3-11H2,1-2H3/t12-,13?,14?,15?,16?,18?,19?/m0/s1. The van der Waals surface area contributed by atoms with Crippen LogP contribution in [0.3, 0.4) is 0 Å². The van der Waals surface area contributed by atoms with Crippen molar-refractivity contribution in [3.63, 3.8) is 0 Å². The minimum atomic E-state index is -0.0541. The Hall–Kier alpha value is -0.370. The molecule has 6 unspecified atom stereocenters. The van der Waals surface area contributed by atoms with Gasteiger partial charge in [0.15, 0.2) is 0 Å². The number of aliphatic hydroxyl groups excluding tert-OH is 1. The van der Waals surface area contributed by atoms with E-state index in [1.165, 1.54) is 25.7 Å². The van der Waals surface area contributed by atoms with Crippen LogP contribution >= 0.6 is 0 Å². The van der Waals surface area contributed by atoms with Gasteiger partial charge in [0.2, 0.25) is 0 Å². The zero-order chi connectivity index (χ0) is 14.8. The van der Waals surface area contributed by atoms with E-state index in [1.54, 1.807) is 0 Å². The van der Waals surface area contributed by atoms with Crippen LogP contribution in [0.4, 0.5) is 0 Å². The van der Waals surface area contributed by atoms with Gasteiger partial charge in [0.1, 0.15) is 5.78 Å². The molecule has 0 aromatic rings. The Morgan fingerprint density at radius 1 is 1.00 bits per heavy atom. The first-order chi connectivity index (χ1) is 9.95. The predicted molar refractivity (Wildman–Crippen MR) is 82.7 cm³/mol. The molecule has 0 saturated heterocycles. The molecule has 4 aliphatic rings. The number of carbonyl (C=O) groups is 1. The van der Waals surface area contributed by atoms with Gasteiger partial charge in [-0.3, -0.25) is 4.79 Å². The molecule has 21 heavy (non-hydrogen) atoms. The highest BCUT2D eigenvalue weighted by Gasteiger charge is 2.60. The molecule has 2 nitrogen and oxygen atoms in total. The van der Waals surface area contributed by atoms with E-state index in [1.807, 2.05) is 0 Å². The van der Waals surface area contributed by atoms with Gasteiger partial charge < -0.3 is 5.11 Å². The zero-order valence-electron chi connectivity index (χ0n) is 13.6. The summed E-state index contributed by atoms with van der Waals surface area (Å²) in [6, 6.07) is 0. The molecule has 0 aliphatic heterocycles. The molecule has 0 bridgehead atoms. The maximum Gasteiger partial charge on any atom is 0.139 e. The summed E-state index contributed by atoms with van der Waals surface area (Å²) >= 11 is 0. The molecule has 7 atom stereocenters. The van der Waals surface area contributed by atoms with Gasteiger partial charge in [-0.25, -0.2) is 0 Å². The Kier molecular flexibility index (Phi) is 3.10. The maximum atomic E-state index is 12.4. The molecule has 118 valence electrons. The fourth-order valence-corrected chi connectivity index (χ4v) is 7.01. The van der Waals surface area contributed by atoms with E-state index in [0.29, 0.717) is 17.1 Å². The van der Waals surface area contributed by atoms with Crippen molar-refractivity contribution < 1.29 is 9.90 Å². The second-order valence-corrected chi connectivity index (χ2v) is 9.00. The molecule has 0 amide bonds. The van der Waals surface area contributed by atoms with Gasteiger partial charge in [0.25, 0.3) is 0 Å². The minimum Gasteiger partial charge on any atom is -0.393 e. The maximum absolute atomic E-state index is 12.4. The van der Waals surface area contributed by atoms with Gasteiger partial charge in [0.05, 0.1) is 6.10 Å². The number of Topliss-reactive ketones (excluding diaryl/α,β-unsaturated/α-hetero) is 1. The van der Waals surface area contributed by atoms with E-state index in [9.17, 15) is 9.90 Å². The first-order valence-electron chi connectivity index (χ1n) is 9.16. The smallest absolute Gasteiger partial charge is 0.139 e. The lowest BCUT2D eigenvalue weighted by atomic mass is 9.45. The topological polar surface area (TPSA) is 37.3 Å². The van der Waals surface area contributed by atoms with E-state index in [4.69, 9.17) is 0 Å². The van der Waals surface area contributed by atoms with Crippen molar-refractivity contribution in [1.29, 1.82) is 0 Å². The second-order valence-electron chi connectivity index (χ2n) is 9.00. The van der Waals surface area contributed by atoms with Gasteiger partial charge in [-0.1, -0.05) is 13.8 Å². The van der Waals surface area contributed by atoms with Crippen LogP contribution in [0.5, 0.6) is 0 Å². The van der Waals surface area contributed by atoms with Crippen LogP contribution in [0.1, 0.15) is 71.6 Å². The fraction of sp³-hybridized carbons (Fsp3) is 0.947. The average molecular weight is 290 g/mol. The third kappa shape index (κ3) is 1.84. The summed E-state index contributed by atoms with van der Waals surface area (Å²) in [6.45, 7) is 4.78. The summed E-state index contributed by atoms with van der Waals surface area (Å²) < 4.78 is 0. The predicted octanol–water partition coefficient (Wildman–Crippen LogP) is 3.96. The molecule has 0 aromatic heterocycles. The summed E-state index contributed by atoms with van der Waals surface area (Å²) in [5, 5.41) is 10.0. The van der Waals surface area contributed by atoms with Crippen molar-refractivity contribution in [2.75, 3.05) is 0 Å². The third-order valence-corrected chi connectivity index (χ3v) is 8.35. The van der Waals surface area contributed by atoms with Crippen LogP contribution in [0.2, 0.25) is 0 Å². The van der Waals surface area contributed by atoms with Gasteiger partial charge in [-0.2, -0.15) is 0 Å². The molecule has 1 N–H and O–H groups in total. The Labute approximate surface area is 128 Å². The van der Waals surface area contributed by atoms with Crippen LogP contribution in [-0.2, 0) is 4.79 Å². The highest BCUT2D eigenvalue weighted by Crippen LogP contribution is 2.65. The number of ketones is 1. The molecule has 0 spiro atoms. The molecule has 4 rings (SSSR count). The quantitative estimate of drug-likeness (QED) is 0.733. The van der Waals surface area contributed by atoms with Crippen LogP contribution in [0, 0.1) is 34.5 Å². The fourth-order valence-electron chi connectivity index (χ4n) is 7.01. The lowest BCUT2D eigenvalue weighted by Gasteiger charge is -2.60. The van der Waals surface area contributed by atoms with Gasteiger partial charge in [-0.05, 0) is 80.5 Å². The molecular weight excluding hydrogens is 260 g/mol. The van der Waals surface area contributed by atoms with E-state index in [-0.39, 0.29) is 11.5 Å². The van der Waals surface area contributed by atoms with Crippen molar-refractivity contribution in [3.8, 4) is 0 Å². The molecule has 0 heterocycles. The number of hydrogen-bond acceptors (Lipinski definition) is 2. The summed E-state index contributed by atoms with van der Waals surface area (Å²) in [5.74, 6) is 3.54. The SMILES string of the molecule is CC12CCC3C(CC[C@H]4CC(O)CCC34C)C1CCC2=O. The largest absolute Gasteiger partial charge is 0.393 e. The minimum absolute atomic E-state index is 0.0124. The number of rotatable bonds is 0. The van der Waals surface area contributed by atoms with Crippen molar-refractivity contribution in [1.82, 2.24) is 0 Å². The summed E-state index contributed by atoms with van der Waals surface area (Å²) in [6.07, 6.45) is 10.1. The van der Waals surface area contributed by atoms with Gasteiger partial charge in [0, 0.05) is 11.8 Å². The van der Waals surface area contributed by atoms with Gasteiger partial charge in [-0.15, -0.1) is 0 Å². The molecular formula is C19H30O2. The van der Waals surface area contributed by atoms with Crippen molar-refractivity contribution in [3.05, 3.63) is 0 Å². The highest BCUT2D eigenvalue weighted by molar-refractivity contribution is 5.87. The molecule has 0 aromatic carbocycles. The molecule has 4 aliphatic carbocycles. The van der Waals surface area contributed by atoms with E-state index < -0.39 is 0 Å². The Morgan fingerprint density at radius 3 is 2.62 bits per heavy atom. The first-order valence-corrected chi connectivity index (χ1v) is 9.16. The highest BCUT2D eigenvalue weighted by atomic mass is 16.3. The normalized spacial score (nSPS) is 56.5. The second kappa shape index (κ2) is 4.57. The van der Waals surface area contributed by atoms with E-state index in [2.05, 4.69) is 13.8 Å². The zero-order valence-corrected chi connectivity index (χ0v) is 13.6. The Morgan fingerprint density at radius 2 is 1.81 bits per heavy atom. The van der Waals surface area contributed by atoms with Crippen molar-refractivity contribution in [2.24, 2.45) is 34.5 Å². The average Bonchev–Trinajstić information content (AvgIpc) is 2.76. The van der Waals surface area contributed by atoms with E-state index >= 15 is 0 Å². The number of carbonyl (C=O) groups excluding carboxylic acids is 1. The first kappa shape index (κ1) is 14.2. The summed E-state index contributed by atoms with van der Waals surface area (Å²) in [7, 11) is 0. The molecule has 4 saturated carbocycles.